The maximum Gasteiger partial charge on any atom is 0.231 e. The van der Waals surface area contributed by atoms with Crippen molar-refractivity contribution in [2.45, 2.75) is 20.3 Å². The molecule has 0 spiro atoms. The summed E-state index contributed by atoms with van der Waals surface area (Å²) in [4.78, 5) is 18.5. The molecule has 0 bridgehead atoms. The number of nitrogens with one attached hydrogen (secondary N) is 2. The fourth-order valence-electron chi connectivity index (χ4n) is 1.61. The average molecular weight is 229 g/mol. The molecule has 4 nitrogen and oxygen atoms in total. The van der Waals surface area contributed by atoms with Crippen molar-refractivity contribution in [3.63, 3.8) is 0 Å². The zero-order valence-electron chi connectivity index (χ0n) is 9.95. The Hall–Kier alpha value is -2.10. The van der Waals surface area contributed by atoms with Crippen LogP contribution in [-0.4, -0.2) is 15.9 Å². The van der Waals surface area contributed by atoms with Crippen molar-refractivity contribution in [1.29, 1.82) is 0 Å². The number of hydrogen-bond donors (Lipinski definition) is 2. The molecular weight excluding hydrogens is 214 g/mol. The van der Waals surface area contributed by atoms with Crippen LogP contribution >= 0.6 is 0 Å². The van der Waals surface area contributed by atoms with E-state index in [9.17, 15) is 4.79 Å². The number of anilines is 1. The first-order valence-corrected chi connectivity index (χ1v) is 5.50. The first-order valence-electron chi connectivity index (χ1n) is 5.50. The third kappa shape index (κ3) is 2.93. The zero-order valence-corrected chi connectivity index (χ0v) is 9.95. The number of nitrogens with zero attached hydrogens (tertiary/aromatic N) is 1. The van der Waals surface area contributed by atoms with E-state index in [2.05, 4.69) is 22.2 Å². The summed E-state index contributed by atoms with van der Waals surface area (Å²) in [6, 6.07) is 6.05. The third-order valence-corrected chi connectivity index (χ3v) is 2.69. The van der Waals surface area contributed by atoms with E-state index >= 15 is 0 Å². The molecule has 2 aromatic rings. The van der Waals surface area contributed by atoms with Gasteiger partial charge in [-0.2, -0.15) is 0 Å². The summed E-state index contributed by atoms with van der Waals surface area (Å²) < 4.78 is 0. The minimum atomic E-state index is -0.0665. The van der Waals surface area contributed by atoms with Crippen LogP contribution in [0.25, 0.3) is 0 Å². The minimum Gasteiger partial charge on any atom is -0.331 e. The van der Waals surface area contributed by atoms with Crippen LogP contribution in [0.3, 0.4) is 0 Å². The van der Waals surface area contributed by atoms with Crippen molar-refractivity contribution >= 4 is 11.9 Å². The van der Waals surface area contributed by atoms with Gasteiger partial charge in [0.05, 0.1) is 6.42 Å². The first-order chi connectivity index (χ1) is 8.15. The van der Waals surface area contributed by atoms with Gasteiger partial charge in [0, 0.05) is 12.4 Å². The van der Waals surface area contributed by atoms with E-state index in [0.717, 1.165) is 5.56 Å². The van der Waals surface area contributed by atoms with Gasteiger partial charge in [-0.15, -0.1) is 0 Å². The van der Waals surface area contributed by atoms with Gasteiger partial charge in [0.15, 0.2) is 0 Å². The molecule has 4 heteroatoms. The molecule has 1 aromatic heterocycles. The normalized spacial score (nSPS) is 10.2. The van der Waals surface area contributed by atoms with Gasteiger partial charge in [0.25, 0.3) is 0 Å². The Morgan fingerprint density at radius 1 is 1.35 bits per heavy atom. The highest BCUT2D eigenvalue weighted by Crippen LogP contribution is 2.10. The number of rotatable bonds is 3. The van der Waals surface area contributed by atoms with Crippen LogP contribution in [0.1, 0.15) is 16.7 Å². The molecule has 0 aliphatic carbocycles. The second kappa shape index (κ2) is 4.82. The molecule has 0 atom stereocenters. The number of aromatic nitrogens is 2. The molecule has 17 heavy (non-hydrogen) atoms. The Morgan fingerprint density at radius 3 is 2.82 bits per heavy atom. The lowest BCUT2D eigenvalue weighted by atomic mass is 10.0. The van der Waals surface area contributed by atoms with Gasteiger partial charge in [-0.3, -0.25) is 10.1 Å². The molecule has 1 heterocycles. The number of amides is 1. The van der Waals surface area contributed by atoms with E-state index in [1.54, 1.807) is 12.4 Å². The molecule has 0 aliphatic rings. The van der Waals surface area contributed by atoms with Crippen molar-refractivity contribution in [2.75, 3.05) is 5.32 Å². The molecule has 2 N–H and O–H groups in total. The number of carbonyl (C=O) groups is 1. The van der Waals surface area contributed by atoms with Gasteiger partial charge in [-0.05, 0) is 30.5 Å². The Morgan fingerprint density at radius 2 is 2.18 bits per heavy atom. The molecule has 0 fully saturated rings. The molecule has 0 saturated carbocycles. The third-order valence-electron chi connectivity index (χ3n) is 2.69. The summed E-state index contributed by atoms with van der Waals surface area (Å²) in [5.41, 5.74) is 3.45. The van der Waals surface area contributed by atoms with Crippen LogP contribution in [0.5, 0.6) is 0 Å². The van der Waals surface area contributed by atoms with E-state index in [4.69, 9.17) is 0 Å². The lowest BCUT2D eigenvalue weighted by Gasteiger charge is -2.05. The van der Waals surface area contributed by atoms with Crippen LogP contribution < -0.4 is 5.32 Å². The minimum absolute atomic E-state index is 0.0665. The topological polar surface area (TPSA) is 57.8 Å². The zero-order chi connectivity index (χ0) is 12.3. The van der Waals surface area contributed by atoms with Gasteiger partial charge in [-0.25, -0.2) is 4.98 Å². The largest absolute Gasteiger partial charge is 0.331 e. The number of carbonyl (C=O) groups excluding carboxylic acids is 1. The predicted octanol–water partition coefficient (Wildman–Crippen LogP) is 2.21. The van der Waals surface area contributed by atoms with Crippen LogP contribution in [0.2, 0.25) is 0 Å². The fraction of sp³-hybridized carbons (Fsp3) is 0.231. The highest BCUT2D eigenvalue weighted by molar-refractivity contribution is 5.90. The standard InChI is InChI=1S/C13H15N3O/c1-9-3-4-11(7-10(9)2)8-12(17)16-13-14-5-6-15-13/h3-7H,8H2,1-2H3,(H2,14,15,16,17). The summed E-state index contributed by atoms with van der Waals surface area (Å²) >= 11 is 0. The quantitative estimate of drug-likeness (QED) is 0.847. The number of H-pyrrole nitrogens is 1. The van der Waals surface area contributed by atoms with Crippen LogP contribution in [0.4, 0.5) is 5.95 Å². The van der Waals surface area contributed by atoms with Crippen molar-refractivity contribution in [3.05, 3.63) is 47.3 Å². The van der Waals surface area contributed by atoms with E-state index in [0.29, 0.717) is 12.4 Å². The predicted molar refractivity (Wildman–Crippen MR) is 66.8 cm³/mol. The van der Waals surface area contributed by atoms with Gasteiger partial charge in [0.2, 0.25) is 11.9 Å². The molecule has 0 saturated heterocycles. The average Bonchev–Trinajstić information content (AvgIpc) is 2.76. The highest BCUT2D eigenvalue weighted by atomic mass is 16.1. The van der Waals surface area contributed by atoms with E-state index in [-0.39, 0.29) is 5.91 Å². The molecule has 0 radical (unpaired) electrons. The van der Waals surface area contributed by atoms with Gasteiger partial charge >= 0.3 is 0 Å². The second-order valence-corrected chi connectivity index (χ2v) is 4.08. The number of imidazole rings is 1. The summed E-state index contributed by atoms with van der Waals surface area (Å²) in [7, 11) is 0. The summed E-state index contributed by atoms with van der Waals surface area (Å²) in [6.07, 6.45) is 3.64. The van der Waals surface area contributed by atoms with Gasteiger partial charge in [0.1, 0.15) is 0 Å². The van der Waals surface area contributed by atoms with Crippen LogP contribution in [0, 0.1) is 13.8 Å². The van der Waals surface area contributed by atoms with Gasteiger partial charge < -0.3 is 4.98 Å². The molecule has 0 aliphatic heterocycles. The maximum atomic E-state index is 11.7. The molecule has 88 valence electrons. The number of benzene rings is 1. The number of aromatic amines is 1. The summed E-state index contributed by atoms with van der Waals surface area (Å²) in [5, 5.41) is 2.70. The number of hydrogen-bond acceptors (Lipinski definition) is 2. The summed E-state index contributed by atoms with van der Waals surface area (Å²) in [5.74, 6) is 0.419. The molecule has 0 unspecified atom stereocenters. The Labute approximate surface area is 100 Å². The molecule has 1 aromatic carbocycles. The fourth-order valence-corrected chi connectivity index (χ4v) is 1.61. The van der Waals surface area contributed by atoms with Crippen molar-refractivity contribution in [1.82, 2.24) is 9.97 Å². The van der Waals surface area contributed by atoms with Crippen molar-refractivity contribution in [2.24, 2.45) is 0 Å². The Bertz CT molecular complexity index is 517. The van der Waals surface area contributed by atoms with E-state index < -0.39 is 0 Å². The lowest BCUT2D eigenvalue weighted by Crippen LogP contribution is -2.15. The Kier molecular flexibility index (Phi) is 3.23. The molecule has 1 amide bonds. The van der Waals surface area contributed by atoms with Crippen molar-refractivity contribution in [3.8, 4) is 0 Å². The maximum absolute atomic E-state index is 11.7. The summed E-state index contributed by atoms with van der Waals surface area (Å²) in [6.45, 7) is 4.10. The Balaban J connectivity index is 2.00. The van der Waals surface area contributed by atoms with Crippen LogP contribution in [0.15, 0.2) is 30.6 Å². The lowest BCUT2D eigenvalue weighted by molar-refractivity contribution is -0.115. The van der Waals surface area contributed by atoms with Gasteiger partial charge in [-0.1, -0.05) is 18.2 Å². The smallest absolute Gasteiger partial charge is 0.231 e. The van der Waals surface area contributed by atoms with E-state index in [1.165, 1.54) is 11.1 Å². The van der Waals surface area contributed by atoms with Crippen LogP contribution in [-0.2, 0) is 11.2 Å². The van der Waals surface area contributed by atoms with E-state index in [1.807, 2.05) is 25.1 Å². The molecular formula is C13H15N3O. The molecule has 2 rings (SSSR count). The first kappa shape index (κ1) is 11.4. The highest BCUT2D eigenvalue weighted by Gasteiger charge is 2.05. The SMILES string of the molecule is Cc1ccc(CC(=O)Nc2ncc[nH]2)cc1C. The second-order valence-electron chi connectivity index (χ2n) is 4.08. The van der Waals surface area contributed by atoms with Crippen molar-refractivity contribution < 1.29 is 4.79 Å². The monoisotopic (exact) mass is 229 g/mol. The number of aryl methyl sites for hydroxylation is 2.